The van der Waals surface area contributed by atoms with Crippen molar-refractivity contribution in [3.63, 3.8) is 0 Å². The number of hydrogen-bond acceptors (Lipinski definition) is 2. The van der Waals surface area contributed by atoms with Crippen molar-refractivity contribution < 1.29 is 0 Å². The molecule has 0 radical (unpaired) electrons. The van der Waals surface area contributed by atoms with Crippen LogP contribution >= 0.6 is 0 Å². The smallest absolute Gasteiger partial charge is 0.0599 e. The molecule has 0 aliphatic rings. The topological polar surface area (TPSA) is 43.8 Å². The first kappa shape index (κ1) is 7.02. The first-order valence-electron chi connectivity index (χ1n) is 3.17. The zero-order chi connectivity index (χ0) is 7.56. The molecule has 0 aromatic carbocycles. The lowest BCUT2D eigenvalue weighted by atomic mass is 10.2. The van der Waals surface area contributed by atoms with Crippen LogP contribution in [0.2, 0.25) is 0 Å². The molecule has 0 bridgehead atoms. The SMILES string of the molecule is C=Cn1nccc1C(C)N. The standard InChI is InChI=1S/C7H11N3/c1-3-10-7(6(2)8)4-5-9-10/h3-6H,1,8H2,2H3. The van der Waals surface area contributed by atoms with Crippen molar-refractivity contribution in [2.75, 3.05) is 0 Å². The van der Waals surface area contributed by atoms with Gasteiger partial charge in [-0.05, 0) is 13.0 Å². The highest BCUT2D eigenvalue weighted by Gasteiger charge is 2.02. The van der Waals surface area contributed by atoms with E-state index in [2.05, 4.69) is 11.7 Å². The number of hydrogen-bond donors (Lipinski definition) is 1. The molecule has 0 saturated heterocycles. The van der Waals surface area contributed by atoms with Gasteiger partial charge in [0.1, 0.15) is 0 Å². The molecule has 1 aromatic rings. The Bertz CT molecular complexity index is 225. The second-order valence-electron chi connectivity index (χ2n) is 2.17. The Kier molecular flexibility index (Phi) is 1.87. The summed E-state index contributed by atoms with van der Waals surface area (Å²) in [6, 6.07) is 1.90. The molecule has 3 heteroatoms. The Morgan fingerprint density at radius 1 is 1.90 bits per heavy atom. The molecule has 0 amide bonds. The first-order valence-corrected chi connectivity index (χ1v) is 3.17. The van der Waals surface area contributed by atoms with Crippen LogP contribution < -0.4 is 5.73 Å². The van der Waals surface area contributed by atoms with E-state index >= 15 is 0 Å². The quantitative estimate of drug-likeness (QED) is 0.661. The van der Waals surface area contributed by atoms with Crippen molar-refractivity contribution in [1.82, 2.24) is 9.78 Å². The Labute approximate surface area is 60.1 Å². The van der Waals surface area contributed by atoms with Gasteiger partial charge in [-0.25, -0.2) is 4.68 Å². The highest BCUT2D eigenvalue weighted by Crippen LogP contribution is 2.07. The molecular weight excluding hydrogens is 126 g/mol. The van der Waals surface area contributed by atoms with Crippen LogP contribution in [0.15, 0.2) is 18.8 Å². The predicted molar refractivity (Wildman–Crippen MR) is 41.2 cm³/mol. The van der Waals surface area contributed by atoms with E-state index in [1.165, 1.54) is 0 Å². The minimum Gasteiger partial charge on any atom is -0.323 e. The highest BCUT2D eigenvalue weighted by atomic mass is 15.3. The van der Waals surface area contributed by atoms with E-state index in [4.69, 9.17) is 5.73 Å². The molecule has 0 aliphatic carbocycles. The fourth-order valence-electron chi connectivity index (χ4n) is 0.838. The van der Waals surface area contributed by atoms with Gasteiger partial charge in [-0.1, -0.05) is 6.58 Å². The van der Waals surface area contributed by atoms with Gasteiger partial charge in [0.25, 0.3) is 0 Å². The minimum atomic E-state index is 0.0144. The minimum absolute atomic E-state index is 0.0144. The van der Waals surface area contributed by atoms with Crippen molar-refractivity contribution in [2.24, 2.45) is 5.73 Å². The Morgan fingerprint density at radius 2 is 2.60 bits per heavy atom. The van der Waals surface area contributed by atoms with E-state index in [0.717, 1.165) is 5.69 Å². The maximum Gasteiger partial charge on any atom is 0.0599 e. The summed E-state index contributed by atoms with van der Waals surface area (Å²) >= 11 is 0. The molecular formula is C7H11N3. The van der Waals surface area contributed by atoms with E-state index < -0.39 is 0 Å². The Balaban J connectivity index is 3.01. The fraction of sp³-hybridized carbons (Fsp3) is 0.286. The van der Waals surface area contributed by atoms with Gasteiger partial charge in [0.15, 0.2) is 0 Å². The molecule has 10 heavy (non-hydrogen) atoms. The maximum absolute atomic E-state index is 5.63. The van der Waals surface area contributed by atoms with E-state index in [1.807, 2.05) is 13.0 Å². The summed E-state index contributed by atoms with van der Waals surface area (Å²) in [6.45, 7) is 5.50. The molecule has 1 atom stereocenters. The largest absolute Gasteiger partial charge is 0.323 e. The summed E-state index contributed by atoms with van der Waals surface area (Å²) in [7, 11) is 0. The monoisotopic (exact) mass is 137 g/mol. The zero-order valence-electron chi connectivity index (χ0n) is 5.99. The maximum atomic E-state index is 5.63. The van der Waals surface area contributed by atoms with Gasteiger partial charge < -0.3 is 5.73 Å². The lowest BCUT2D eigenvalue weighted by Crippen LogP contribution is -2.09. The van der Waals surface area contributed by atoms with E-state index in [1.54, 1.807) is 17.1 Å². The second kappa shape index (κ2) is 2.66. The average Bonchev–Trinajstić information content (AvgIpc) is 2.33. The summed E-state index contributed by atoms with van der Waals surface area (Å²) in [5.74, 6) is 0. The van der Waals surface area contributed by atoms with Gasteiger partial charge in [0.05, 0.1) is 5.69 Å². The lowest BCUT2D eigenvalue weighted by Gasteiger charge is -2.03. The Hall–Kier alpha value is -1.09. The van der Waals surface area contributed by atoms with Crippen LogP contribution in [0, 0.1) is 0 Å². The predicted octanol–water partition coefficient (Wildman–Crippen LogP) is 1.00. The summed E-state index contributed by atoms with van der Waals surface area (Å²) in [6.07, 6.45) is 3.35. The van der Waals surface area contributed by atoms with E-state index in [9.17, 15) is 0 Å². The van der Waals surface area contributed by atoms with Crippen LogP contribution in [0.1, 0.15) is 18.7 Å². The van der Waals surface area contributed by atoms with Gasteiger partial charge in [0, 0.05) is 18.4 Å². The van der Waals surface area contributed by atoms with Crippen molar-refractivity contribution in [2.45, 2.75) is 13.0 Å². The summed E-state index contributed by atoms with van der Waals surface area (Å²) in [5, 5.41) is 3.97. The number of rotatable bonds is 2. The molecule has 54 valence electrons. The van der Waals surface area contributed by atoms with Gasteiger partial charge in [-0.3, -0.25) is 0 Å². The Morgan fingerprint density at radius 3 is 3.00 bits per heavy atom. The summed E-state index contributed by atoms with van der Waals surface area (Å²) < 4.78 is 1.67. The molecule has 0 spiro atoms. The molecule has 1 rings (SSSR count). The van der Waals surface area contributed by atoms with Gasteiger partial charge in [0.2, 0.25) is 0 Å². The van der Waals surface area contributed by atoms with Crippen LogP contribution in [-0.4, -0.2) is 9.78 Å². The van der Waals surface area contributed by atoms with Gasteiger partial charge >= 0.3 is 0 Å². The lowest BCUT2D eigenvalue weighted by molar-refractivity contribution is 0.730. The third-order valence-corrected chi connectivity index (χ3v) is 1.34. The highest BCUT2D eigenvalue weighted by molar-refractivity contribution is 5.21. The molecule has 2 N–H and O–H groups in total. The summed E-state index contributed by atoms with van der Waals surface area (Å²) in [5.41, 5.74) is 6.61. The van der Waals surface area contributed by atoms with E-state index in [0.29, 0.717) is 0 Å². The van der Waals surface area contributed by atoms with Crippen molar-refractivity contribution in [3.8, 4) is 0 Å². The van der Waals surface area contributed by atoms with Gasteiger partial charge in [-0.15, -0.1) is 0 Å². The molecule has 0 saturated carbocycles. The molecule has 0 aliphatic heterocycles. The number of nitrogens with two attached hydrogens (primary N) is 1. The van der Waals surface area contributed by atoms with Crippen molar-refractivity contribution in [1.29, 1.82) is 0 Å². The van der Waals surface area contributed by atoms with Crippen molar-refractivity contribution in [3.05, 3.63) is 24.5 Å². The molecule has 1 aromatic heterocycles. The van der Waals surface area contributed by atoms with Crippen molar-refractivity contribution >= 4 is 6.20 Å². The van der Waals surface area contributed by atoms with Gasteiger partial charge in [-0.2, -0.15) is 5.10 Å². The third-order valence-electron chi connectivity index (χ3n) is 1.34. The molecule has 1 heterocycles. The van der Waals surface area contributed by atoms with Crippen LogP contribution in [0.4, 0.5) is 0 Å². The molecule has 0 fully saturated rings. The number of nitrogens with zero attached hydrogens (tertiary/aromatic N) is 2. The van der Waals surface area contributed by atoms with E-state index in [-0.39, 0.29) is 6.04 Å². The molecule has 1 unspecified atom stereocenters. The first-order chi connectivity index (χ1) is 4.75. The zero-order valence-corrected chi connectivity index (χ0v) is 5.99. The van der Waals surface area contributed by atoms with Crippen LogP contribution in [0.3, 0.4) is 0 Å². The van der Waals surface area contributed by atoms with Crippen LogP contribution in [0.5, 0.6) is 0 Å². The third kappa shape index (κ3) is 1.09. The summed E-state index contributed by atoms with van der Waals surface area (Å²) in [4.78, 5) is 0. The average molecular weight is 137 g/mol. The molecule has 3 nitrogen and oxygen atoms in total. The number of aromatic nitrogens is 2. The van der Waals surface area contributed by atoms with Crippen LogP contribution in [-0.2, 0) is 0 Å². The normalized spacial score (nSPS) is 13.0. The second-order valence-corrected chi connectivity index (χ2v) is 2.17. The fourth-order valence-corrected chi connectivity index (χ4v) is 0.838. The van der Waals surface area contributed by atoms with Crippen LogP contribution in [0.25, 0.3) is 6.20 Å².